The number of rotatable bonds is 6. The van der Waals surface area contributed by atoms with Gasteiger partial charge in [0, 0.05) is 30.4 Å². The molecule has 3 nitrogen and oxygen atoms in total. The van der Waals surface area contributed by atoms with Gasteiger partial charge in [-0.3, -0.25) is 4.90 Å². The molecule has 0 heterocycles. The molecule has 0 unspecified atom stereocenters. The first kappa shape index (κ1) is 13.6. The molecule has 0 aromatic heterocycles. The molecule has 0 amide bonds. The zero-order valence-corrected chi connectivity index (χ0v) is 11.0. The Morgan fingerprint density at radius 3 is 2.71 bits per heavy atom. The second-order valence-electron chi connectivity index (χ2n) is 4.33. The number of benzene rings is 1. The molecule has 1 aromatic carbocycles. The van der Waals surface area contributed by atoms with Gasteiger partial charge in [0.25, 0.3) is 0 Å². The van der Waals surface area contributed by atoms with Crippen molar-refractivity contribution in [3.05, 3.63) is 35.9 Å². The van der Waals surface area contributed by atoms with Gasteiger partial charge in [-0.25, -0.2) is 0 Å². The highest BCUT2D eigenvalue weighted by Gasteiger charge is 2.08. The van der Waals surface area contributed by atoms with Crippen molar-refractivity contribution in [1.82, 2.24) is 4.90 Å². The van der Waals surface area contributed by atoms with Crippen LogP contribution in [0.25, 0.3) is 0 Å². The third kappa shape index (κ3) is 4.11. The average Bonchev–Trinajstić information content (AvgIpc) is 2.29. The minimum Gasteiger partial charge on any atom is -0.496 e. The Kier molecular flexibility index (Phi) is 5.04. The summed E-state index contributed by atoms with van der Waals surface area (Å²) in [5.74, 6) is 0.852. The van der Waals surface area contributed by atoms with Gasteiger partial charge in [-0.15, -0.1) is 0 Å². The fourth-order valence-corrected chi connectivity index (χ4v) is 1.79. The van der Waals surface area contributed by atoms with Crippen LogP contribution in [0, 0.1) is 0 Å². The van der Waals surface area contributed by atoms with Crippen LogP contribution in [0.3, 0.4) is 0 Å². The van der Waals surface area contributed by atoms with Gasteiger partial charge in [-0.05, 0) is 19.5 Å². The fourth-order valence-electron chi connectivity index (χ4n) is 1.79. The molecule has 1 rings (SSSR count). The van der Waals surface area contributed by atoms with Gasteiger partial charge < -0.3 is 10.5 Å². The van der Waals surface area contributed by atoms with E-state index < -0.39 is 0 Å². The number of nitrogens with two attached hydrogens (primary N) is 1. The average molecular weight is 234 g/mol. The summed E-state index contributed by atoms with van der Waals surface area (Å²) in [7, 11) is 1.67. The summed E-state index contributed by atoms with van der Waals surface area (Å²) in [6, 6.07) is 5.80. The Balaban J connectivity index is 2.81. The van der Waals surface area contributed by atoms with Crippen molar-refractivity contribution in [3.8, 4) is 5.75 Å². The molecule has 0 radical (unpaired) electrons. The van der Waals surface area contributed by atoms with Crippen LogP contribution in [0.1, 0.15) is 19.4 Å². The quantitative estimate of drug-likeness (QED) is 0.607. The van der Waals surface area contributed by atoms with Gasteiger partial charge in [0.1, 0.15) is 5.75 Å². The summed E-state index contributed by atoms with van der Waals surface area (Å²) < 4.78 is 5.35. The van der Waals surface area contributed by atoms with E-state index >= 15 is 0 Å². The zero-order chi connectivity index (χ0) is 12.8. The second kappa shape index (κ2) is 6.30. The molecule has 2 N–H and O–H groups in total. The highest BCUT2D eigenvalue weighted by molar-refractivity contribution is 5.48. The Morgan fingerprint density at radius 1 is 1.47 bits per heavy atom. The highest BCUT2D eigenvalue weighted by Crippen LogP contribution is 2.23. The molecule has 0 spiro atoms. The molecule has 17 heavy (non-hydrogen) atoms. The number of methoxy groups -OCH3 is 1. The van der Waals surface area contributed by atoms with Crippen molar-refractivity contribution in [2.75, 3.05) is 25.9 Å². The van der Waals surface area contributed by atoms with Crippen LogP contribution in [-0.4, -0.2) is 25.1 Å². The number of likely N-dealkylation sites (N-methyl/N-ethyl adjacent to an activating group) is 1. The summed E-state index contributed by atoms with van der Waals surface area (Å²) in [4.78, 5) is 2.32. The summed E-state index contributed by atoms with van der Waals surface area (Å²) in [6.07, 6.45) is 0. The molecule has 0 aliphatic rings. The van der Waals surface area contributed by atoms with E-state index in [0.717, 1.165) is 36.6 Å². The summed E-state index contributed by atoms with van der Waals surface area (Å²) in [5, 5.41) is 0. The molecule has 0 fully saturated rings. The van der Waals surface area contributed by atoms with Crippen molar-refractivity contribution in [2.24, 2.45) is 0 Å². The van der Waals surface area contributed by atoms with E-state index in [1.165, 1.54) is 5.57 Å². The zero-order valence-electron chi connectivity index (χ0n) is 11.0. The first-order chi connectivity index (χ1) is 8.06. The summed E-state index contributed by atoms with van der Waals surface area (Å²) in [5.41, 5.74) is 8.79. The Morgan fingerprint density at radius 2 is 2.18 bits per heavy atom. The third-order valence-electron chi connectivity index (χ3n) is 2.65. The maximum atomic E-state index is 5.74. The minimum absolute atomic E-state index is 0.730. The number of anilines is 1. The van der Waals surface area contributed by atoms with Gasteiger partial charge >= 0.3 is 0 Å². The van der Waals surface area contributed by atoms with Gasteiger partial charge in [0.2, 0.25) is 0 Å². The van der Waals surface area contributed by atoms with E-state index in [1.807, 2.05) is 25.1 Å². The van der Waals surface area contributed by atoms with Crippen LogP contribution in [0.15, 0.2) is 30.4 Å². The summed E-state index contributed by atoms with van der Waals surface area (Å²) in [6.45, 7) is 10.9. The van der Waals surface area contributed by atoms with E-state index in [4.69, 9.17) is 10.5 Å². The smallest absolute Gasteiger partial charge is 0.125 e. The van der Waals surface area contributed by atoms with Crippen molar-refractivity contribution < 1.29 is 4.74 Å². The predicted molar refractivity (Wildman–Crippen MR) is 73.2 cm³/mol. The molecule has 0 saturated heterocycles. The minimum atomic E-state index is 0.730. The lowest BCUT2D eigenvalue weighted by molar-refractivity contribution is 0.297. The van der Waals surface area contributed by atoms with Crippen molar-refractivity contribution >= 4 is 5.69 Å². The Bertz CT molecular complexity index is 388. The number of ether oxygens (including phenoxy) is 1. The number of nitrogens with zero attached hydrogens (tertiary/aromatic N) is 1. The largest absolute Gasteiger partial charge is 0.496 e. The van der Waals surface area contributed by atoms with Crippen molar-refractivity contribution in [1.29, 1.82) is 0 Å². The van der Waals surface area contributed by atoms with Crippen LogP contribution in [0.5, 0.6) is 5.75 Å². The fraction of sp³-hybridized carbons (Fsp3) is 0.429. The lowest BCUT2D eigenvalue weighted by Gasteiger charge is -2.21. The van der Waals surface area contributed by atoms with E-state index in [9.17, 15) is 0 Å². The SMILES string of the molecule is C=C(C)CN(CC)Cc1ccc(N)cc1OC. The molecular weight excluding hydrogens is 212 g/mol. The third-order valence-corrected chi connectivity index (χ3v) is 2.65. The van der Waals surface area contributed by atoms with Crippen molar-refractivity contribution in [3.63, 3.8) is 0 Å². The molecule has 0 aliphatic carbocycles. The lowest BCUT2D eigenvalue weighted by Crippen LogP contribution is -2.24. The van der Waals surface area contributed by atoms with E-state index in [-0.39, 0.29) is 0 Å². The molecule has 0 atom stereocenters. The maximum absolute atomic E-state index is 5.74. The predicted octanol–water partition coefficient (Wildman–Crippen LogP) is 2.68. The van der Waals surface area contributed by atoms with Gasteiger partial charge in [-0.2, -0.15) is 0 Å². The van der Waals surface area contributed by atoms with E-state index in [1.54, 1.807) is 7.11 Å². The van der Waals surface area contributed by atoms with Gasteiger partial charge in [0.05, 0.1) is 7.11 Å². The molecule has 94 valence electrons. The molecular formula is C14H22N2O. The van der Waals surface area contributed by atoms with Crippen molar-refractivity contribution in [2.45, 2.75) is 20.4 Å². The molecule has 0 bridgehead atoms. The monoisotopic (exact) mass is 234 g/mol. The van der Waals surface area contributed by atoms with Crippen LogP contribution >= 0.6 is 0 Å². The first-order valence-corrected chi connectivity index (χ1v) is 5.86. The van der Waals surface area contributed by atoms with Gasteiger partial charge in [-0.1, -0.05) is 25.1 Å². The Hall–Kier alpha value is -1.48. The van der Waals surface area contributed by atoms with E-state index in [2.05, 4.69) is 18.4 Å². The van der Waals surface area contributed by atoms with Crippen LogP contribution in [0.2, 0.25) is 0 Å². The van der Waals surface area contributed by atoms with Crippen LogP contribution in [0.4, 0.5) is 5.69 Å². The van der Waals surface area contributed by atoms with Gasteiger partial charge in [0.15, 0.2) is 0 Å². The lowest BCUT2D eigenvalue weighted by atomic mass is 10.1. The Labute approximate surface area is 104 Å². The standard InChI is InChI=1S/C14H22N2O/c1-5-16(9-11(2)3)10-12-6-7-13(15)8-14(12)17-4/h6-8H,2,5,9-10,15H2,1,3-4H3. The maximum Gasteiger partial charge on any atom is 0.125 e. The molecule has 0 saturated carbocycles. The van der Waals surface area contributed by atoms with Crippen LogP contribution in [-0.2, 0) is 6.54 Å². The topological polar surface area (TPSA) is 38.5 Å². The molecule has 0 aliphatic heterocycles. The van der Waals surface area contributed by atoms with E-state index in [0.29, 0.717) is 0 Å². The molecule has 1 aromatic rings. The molecule has 3 heteroatoms. The number of hydrogen-bond acceptors (Lipinski definition) is 3. The number of hydrogen-bond donors (Lipinski definition) is 1. The highest BCUT2D eigenvalue weighted by atomic mass is 16.5. The summed E-state index contributed by atoms with van der Waals surface area (Å²) >= 11 is 0. The van der Waals surface area contributed by atoms with Crippen LogP contribution < -0.4 is 10.5 Å². The normalized spacial score (nSPS) is 10.6. The second-order valence-corrected chi connectivity index (χ2v) is 4.33. The first-order valence-electron chi connectivity index (χ1n) is 5.86. The number of nitrogen functional groups attached to an aromatic ring is 1.